The van der Waals surface area contributed by atoms with E-state index in [9.17, 15) is 9.59 Å². The number of halogens is 1. The molecule has 2 amide bonds. The molecule has 0 aliphatic rings. The van der Waals surface area contributed by atoms with Gasteiger partial charge in [0.05, 0.1) is 12.8 Å². The van der Waals surface area contributed by atoms with Gasteiger partial charge in [-0.1, -0.05) is 41.1 Å². The molecule has 0 heterocycles. The van der Waals surface area contributed by atoms with Gasteiger partial charge in [-0.2, -0.15) is 5.10 Å². The summed E-state index contributed by atoms with van der Waals surface area (Å²) in [5.41, 5.74) is 3.71. The number of benzene rings is 2. The molecule has 0 saturated carbocycles. The van der Waals surface area contributed by atoms with Crippen LogP contribution >= 0.6 is 15.9 Å². The Morgan fingerprint density at radius 1 is 1.15 bits per heavy atom. The highest BCUT2D eigenvalue weighted by molar-refractivity contribution is 9.10. The molecule has 0 fully saturated rings. The topological polar surface area (TPSA) is 79.8 Å². The maximum atomic E-state index is 11.8. The van der Waals surface area contributed by atoms with Gasteiger partial charge in [0.25, 0.3) is 0 Å². The molecule has 2 N–H and O–H groups in total. The quantitative estimate of drug-likeness (QED) is 0.390. The number of nitrogens with one attached hydrogen (secondary N) is 2. The average Bonchev–Trinajstić information content (AvgIpc) is 2.61. The number of rotatable bonds is 8. The van der Waals surface area contributed by atoms with E-state index in [2.05, 4.69) is 31.8 Å². The maximum Gasteiger partial charge on any atom is 0.249 e. The van der Waals surface area contributed by atoms with E-state index in [0.29, 0.717) is 18.0 Å². The molecule has 0 aliphatic heterocycles. The van der Waals surface area contributed by atoms with E-state index in [1.165, 1.54) is 6.21 Å². The first kappa shape index (κ1) is 19.7. The summed E-state index contributed by atoms with van der Waals surface area (Å²) in [4.78, 5) is 23.7. The zero-order valence-corrected chi connectivity index (χ0v) is 16.0. The van der Waals surface area contributed by atoms with E-state index in [0.717, 1.165) is 16.5 Å². The van der Waals surface area contributed by atoms with Gasteiger partial charge >= 0.3 is 0 Å². The van der Waals surface area contributed by atoms with Crippen molar-refractivity contribution in [2.24, 2.45) is 5.10 Å². The smallest absolute Gasteiger partial charge is 0.249 e. The lowest BCUT2D eigenvalue weighted by atomic mass is 10.2. The number of amides is 2. The summed E-state index contributed by atoms with van der Waals surface area (Å²) in [5, 5.41) is 6.55. The molecule has 0 spiro atoms. The van der Waals surface area contributed by atoms with Crippen LogP contribution in [0, 0.1) is 0 Å². The van der Waals surface area contributed by atoms with Crippen LogP contribution in [0.2, 0.25) is 0 Å². The Morgan fingerprint density at radius 3 is 2.65 bits per heavy atom. The number of hydrogen-bond donors (Lipinski definition) is 2. The predicted molar refractivity (Wildman–Crippen MR) is 105 cm³/mol. The maximum absolute atomic E-state index is 11.8. The van der Waals surface area contributed by atoms with Gasteiger partial charge in [-0.25, -0.2) is 5.43 Å². The van der Waals surface area contributed by atoms with Crippen molar-refractivity contribution in [3.63, 3.8) is 0 Å². The predicted octanol–water partition coefficient (Wildman–Crippen LogP) is 3.72. The molecular formula is C19H20BrN3O3. The molecule has 0 radical (unpaired) electrons. The fraction of sp³-hybridized carbons (Fsp3) is 0.211. The van der Waals surface area contributed by atoms with Crippen LogP contribution in [0.3, 0.4) is 0 Å². The van der Waals surface area contributed by atoms with E-state index in [1.807, 2.05) is 31.2 Å². The van der Waals surface area contributed by atoms with Gasteiger partial charge in [0.1, 0.15) is 12.2 Å². The van der Waals surface area contributed by atoms with Crippen molar-refractivity contribution in [3.05, 3.63) is 58.6 Å². The second-order valence-electron chi connectivity index (χ2n) is 5.41. The number of para-hydroxylation sites is 1. The first-order valence-electron chi connectivity index (χ1n) is 8.17. The largest absolute Gasteiger partial charge is 0.493 e. The molecule has 0 saturated heterocycles. The third-order valence-corrected chi connectivity index (χ3v) is 3.70. The first-order chi connectivity index (χ1) is 12.6. The van der Waals surface area contributed by atoms with Crippen LogP contribution < -0.4 is 15.5 Å². The summed E-state index contributed by atoms with van der Waals surface area (Å²) in [5.74, 6) is -0.228. The van der Waals surface area contributed by atoms with Gasteiger partial charge < -0.3 is 10.1 Å². The van der Waals surface area contributed by atoms with Crippen molar-refractivity contribution in [2.45, 2.75) is 19.8 Å². The Balaban J connectivity index is 1.88. The van der Waals surface area contributed by atoms with Crippen LogP contribution in [0.25, 0.3) is 0 Å². The third-order valence-electron chi connectivity index (χ3n) is 3.21. The number of carbonyl (C=O) groups is 2. The molecule has 2 aromatic carbocycles. The zero-order chi connectivity index (χ0) is 18.8. The molecule has 7 heteroatoms. The van der Waals surface area contributed by atoms with Gasteiger partial charge in [-0.3, -0.25) is 9.59 Å². The molecule has 6 nitrogen and oxygen atoms in total. The number of ether oxygens (including phenoxy) is 1. The minimum atomic E-state index is -0.499. The van der Waals surface area contributed by atoms with Crippen LogP contribution in [0.4, 0.5) is 5.69 Å². The summed E-state index contributed by atoms with van der Waals surface area (Å²) in [7, 11) is 0. The second-order valence-corrected chi connectivity index (χ2v) is 6.33. The van der Waals surface area contributed by atoms with Gasteiger partial charge in [0, 0.05) is 15.7 Å². The monoisotopic (exact) mass is 417 g/mol. The van der Waals surface area contributed by atoms with Crippen LogP contribution in [-0.4, -0.2) is 24.6 Å². The van der Waals surface area contributed by atoms with Crippen molar-refractivity contribution in [1.82, 2.24) is 5.43 Å². The van der Waals surface area contributed by atoms with Gasteiger partial charge in [0.2, 0.25) is 11.8 Å². The van der Waals surface area contributed by atoms with E-state index < -0.39 is 11.8 Å². The minimum absolute atomic E-state index is 0.316. The number of anilines is 1. The first-order valence-corrected chi connectivity index (χ1v) is 8.97. The highest BCUT2D eigenvalue weighted by atomic mass is 79.9. The standard InChI is InChI=1S/C19H20BrN3O3/c1-2-10-26-17-9-8-15(20)11-14(17)13-21-23-19(25)12-18(24)22-16-6-4-3-5-7-16/h3-9,11,13H,2,10,12H2,1H3,(H,22,24)(H,23,25). The van der Waals surface area contributed by atoms with Crippen molar-refractivity contribution in [3.8, 4) is 5.75 Å². The molecule has 0 atom stereocenters. The Labute approximate surface area is 160 Å². The molecule has 2 aromatic rings. The summed E-state index contributed by atoms with van der Waals surface area (Å²) in [6.07, 6.45) is 2.06. The highest BCUT2D eigenvalue weighted by Crippen LogP contribution is 2.21. The molecule has 0 aromatic heterocycles. The van der Waals surface area contributed by atoms with E-state index >= 15 is 0 Å². The fourth-order valence-corrected chi connectivity index (χ4v) is 2.43. The number of hydrazone groups is 1. The van der Waals surface area contributed by atoms with Crippen molar-refractivity contribution >= 4 is 39.6 Å². The molecule has 26 heavy (non-hydrogen) atoms. The van der Waals surface area contributed by atoms with E-state index in [-0.39, 0.29) is 6.42 Å². The van der Waals surface area contributed by atoms with Crippen LogP contribution in [0.15, 0.2) is 58.1 Å². The number of nitrogens with zero attached hydrogens (tertiary/aromatic N) is 1. The highest BCUT2D eigenvalue weighted by Gasteiger charge is 2.09. The van der Waals surface area contributed by atoms with Crippen molar-refractivity contribution in [1.29, 1.82) is 0 Å². The summed E-state index contributed by atoms with van der Waals surface area (Å²) >= 11 is 3.39. The van der Waals surface area contributed by atoms with E-state index in [4.69, 9.17) is 4.74 Å². The van der Waals surface area contributed by atoms with Crippen molar-refractivity contribution < 1.29 is 14.3 Å². The second kappa shape index (κ2) is 10.4. The molecule has 2 rings (SSSR count). The normalized spacial score (nSPS) is 10.5. The lowest BCUT2D eigenvalue weighted by Gasteiger charge is -2.08. The average molecular weight is 418 g/mol. The summed E-state index contributed by atoms with van der Waals surface area (Å²) in [6.45, 7) is 2.61. The lowest BCUT2D eigenvalue weighted by molar-refractivity contribution is -0.126. The molecule has 0 unspecified atom stereocenters. The van der Waals surface area contributed by atoms with E-state index in [1.54, 1.807) is 24.3 Å². The Morgan fingerprint density at radius 2 is 1.92 bits per heavy atom. The van der Waals surface area contributed by atoms with Gasteiger partial charge in [0.15, 0.2) is 0 Å². The Kier molecular flexibility index (Phi) is 7.82. The Bertz CT molecular complexity index is 779. The molecule has 0 aliphatic carbocycles. The summed E-state index contributed by atoms with van der Waals surface area (Å²) < 4.78 is 6.51. The number of hydrogen-bond acceptors (Lipinski definition) is 4. The lowest BCUT2D eigenvalue weighted by Crippen LogP contribution is -2.24. The summed E-state index contributed by atoms with van der Waals surface area (Å²) in [6, 6.07) is 14.5. The van der Waals surface area contributed by atoms with Crippen LogP contribution in [-0.2, 0) is 9.59 Å². The molecule has 0 bridgehead atoms. The van der Waals surface area contributed by atoms with Crippen LogP contribution in [0.5, 0.6) is 5.75 Å². The van der Waals surface area contributed by atoms with Crippen molar-refractivity contribution in [2.75, 3.05) is 11.9 Å². The van der Waals surface area contributed by atoms with Gasteiger partial charge in [-0.15, -0.1) is 0 Å². The molecular weight excluding hydrogens is 398 g/mol. The number of carbonyl (C=O) groups excluding carboxylic acids is 2. The fourth-order valence-electron chi connectivity index (χ4n) is 2.05. The van der Waals surface area contributed by atoms with Gasteiger partial charge in [-0.05, 0) is 36.8 Å². The van der Waals surface area contributed by atoms with Crippen LogP contribution in [0.1, 0.15) is 25.3 Å². The SMILES string of the molecule is CCCOc1ccc(Br)cc1C=NNC(=O)CC(=O)Nc1ccccc1. The molecule has 136 valence electrons. The third kappa shape index (κ3) is 6.68. The Hall–Kier alpha value is -2.67. The minimum Gasteiger partial charge on any atom is -0.493 e. The zero-order valence-electron chi connectivity index (χ0n) is 14.4.